The molecule has 1 aliphatic carbocycles. The maximum Gasteiger partial charge on any atom is 0.243 e. The van der Waals surface area contributed by atoms with Gasteiger partial charge in [-0.25, -0.2) is 8.42 Å². The van der Waals surface area contributed by atoms with E-state index in [2.05, 4.69) is 39.0 Å². The summed E-state index contributed by atoms with van der Waals surface area (Å²) in [5, 5.41) is 9.75. The molecule has 0 bridgehead atoms. The first-order chi connectivity index (χ1) is 19.8. The number of carbonyl (C=O) groups excluding carboxylic acids is 2. The van der Waals surface area contributed by atoms with Crippen LogP contribution < -0.4 is 16.0 Å². The molecule has 2 amide bonds. The van der Waals surface area contributed by atoms with Crippen molar-refractivity contribution in [1.29, 1.82) is 0 Å². The van der Waals surface area contributed by atoms with Crippen LogP contribution in [0.15, 0.2) is 47.4 Å². The van der Waals surface area contributed by atoms with Crippen molar-refractivity contribution in [3.05, 3.63) is 64.2 Å². The SMILES string of the molecule is O=C(C[C@@H]1C(=O)NCCN1S(=O)(=O)c1ccc(Cl)cc1)N[C@@H]1CCc2cc(CCNCCN3CCCC3)ccc2C1. The topological polar surface area (TPSA) is 111 Å². The number of amides is 2. The highest BCUT2D eigenvalue weighted by molar-refractivity contribution is 7.89. The lowest BCUT2D eigenvalue weighted by atomic mass is 9.86. The second-order valence-corrected chi connectivity index (χ2v) is 13.6. The van der Waals surface area contributed by atoms with E-state index in [0.717, 1.165) is 49.6 Å². The fourth-order valence-corrected chi connectivity index (χ4v) is 7.78. The molecule has 41 heavy (non-hydrogen) atoms. The minimum atomic E-state index is -3.97. The first-order valence-electron chi connectivity index (χ1n) is 14.7. The average Bonchev–Trinajstić information content (AvgIpc) is 3.48. The van der Waals surface area contributed by atoms with Crippen molar-refractivity contribution in [3.63, 3.8) is 0 Å². The van der Waals surface area contributed by atoms with Crippen LogP contribution in [-0.2, 0) is 38.9 Å². The number of aryl methyl sites for hydroxylation is 1. The standard InChI is InChI=1S/C30H40ClN5O4S/c31-25-6-9-27(10-7-25)41(39,40)36-18-14-33-30(38)28(36)21-29(37)34-26-8-5-23-19-22(3-4-24(23)20-26)11-12-32-13-17-35-15-1-2-16-35/h3-4,6-7,9-10,19,26,28,32H,1-2,5,8,11-18,20-21H2,(H,33,38)(H,34,37)/t26-,28-/m1/s1. The molecular formula is C30H40ClN5O4S. The number of likely N-dealkylation sites (tertiary alicyclic amines) is 1. The summed E-state index contributed by atoms with van der Waals surface area (Å²) >= 11 is 5.92. The van der Waals surface area contributed by atoms with Gasteiger partial charge in [0.05, 0.1) is 11.3 Å². The molecule has 2 saturated heterocycles. The Morgan fingerprint density at radius 1 is 1.02 bits per heavy atom. The summed E-state index contributed by atoms with van der Waals surface area (Å²) in [7, 11) is -3.97. The van der Waals surface area contributed by atoms with Gasteiger partial charge in [-0.2, -0.15) is 4.31 Å². The van der Waals surface area contributed by atoms with E-state index in [1.54, 1.807) is 0 Å². The monoisotopic (exact) mass is 601 g/mol. The third kappa shape index (κ3) is 7.67. The van der Waals surface area contributed by atoms with E-state index >= 15 is 0 Å². The Balaban J connectivity index is 1.12. The summed E-state index contributed by atoms with van der Waals surface area (Å²) in [6.07, 6.45) is 5.81. The fraction of sp³-hybridized carbons (Fsp3) is 0.533. The van der Waals surface area contributed by atoms with E-state index < -0.39 is 22.0 Å². The molecule has 2 atom stereocenters. The van der Waals surface area contributed by atoms with Crippen LogP contribution in [0, 0.1) is 0 Å². The van der Waals surface area contributed by atoms with Gasteiger partial charge in [-0.1, -0.05) is 29.8 Å². The first kappa shape index (κ1) is 30.0. The van der Waals surface area contributed by atoms with Gasteiger partial charge in [-0.15, -0.1) is 0 Å². The summed E-state index contributed by atoms with van der Waals surface area (Å²) in [6.45, 7) is 5.87. The fourth-order valence-electron chi connectivity index (χ4n) is 6.07. The molecule has 5 rings (SSSR count). The number of sulfonamides is 1. The predicted octanol–water partition coefficient (Wildman–Crippen LogP) is 2.12. The molecule has 0 unspecified atom stereocenters. The highest BCUT2D eigenvalue weighted by Gasteiger charge is 2.40. The molecule has 2 aromatic rings. The second-order valence-electron chi connectivity index (χ2n) is 11.2. The van der Waals surface area contributed by atoms with Crippen LogP contribution in [-0.4, -0.2) is 87.3 Å². The molecule has 2 aliphatic heterocycles. The van der Waals surface area contributed by atoms with E-state index in [4.69, 9.17) is 11.6 Å². The van der Waals surface area contributed by atoms with Crippen molar-refractivity contribution in [3.8, 4) is 0 Å². The lowest BCUT2D eigenvalue weighted by Gasteiger charge is -2.34. The molecule has 2 fully saturated rings. The van der Waals surface area contributed by atoms with E-state index in [1.807, 2.05) is 0 Å². The molecule has 0 saturated carbocycles. The highest BCUT2D eigenvalue weighted by atomic mass is 35.5. The number of carbonyl (C=O) groups is 2. The zero-order chi connectivity index (χ0) is 28.8. The van der Waals surface area contributed by atoms with Gasteiger partial charge in [0.25, 0.3) is 0 Å². The van der Waals surface area contributed by atoms with Crippen molar-refractivity contribution < 1.29 is 18.0 Å². The van der Waals surface area contributed by atoms with Crippen molar-refractivity contribution in [2.75, 3.05) is 45.8 Å². The number of hydrogen-bond acceptors (Lipinski definition) is 6. The van der Waals surface area contributed by atoms with Gasteiger partial charge >= 0.3 is 0 Å². The summed E-state index contributed by atoms with van der Waals surface area (Å²) in [5.41, 5.74) is 3.89. The van der Waals surface area contributed by atoms with Gasteiger partial charge < -0.3 is 20.9 Å². The van der Waals surface area contributed by atoms with Gasteiger partial charge in [0.15, 0.2) is 0 Å². The molecule has 0 spiro atoms. The molecule has 0 radical (unpaired) electrons. The molecule has 11 heteroatoms. The summed E-state index contributed by atoms with van der Waals surface area (Å²) in [4.78, 5) is 28.3. The van der Waals surface area contributed by atoms with Gasteiger partial charge in [0, 0.05) is 37.2 Å². The van der Waals surface area contributed by atoms with Crippen LogP contribution in [0.25, 0.3) is 0 Å². The smallest absolute Gasteiger partial charge is 0.243 e. The molecule has 3 aliphatic rings. The van der Waals surface area contributed by atoms with E-state index in [-0.39, 0.29) is 36.4 Å². The van der Waals surface area contributed by atoms with Crippen molar-refractivity contribution in [2.24, 2.45) is 0 Å². The molecular weight excluding hydrogens is 562 g/mol. The Bertz CT molecular complexity index is 1330. The molecule has 9 nitrogen and oxygen atoms in total. The maximum atomic E-state index is 13.3. The number of benzene rings is 2. The second kappa shape index (κ2) is 13.6. The predicted molar refractivity (Wildman–Crippen MR) is 159 cm³/mol. The van der Waals surface area contributed by atoms with Gasteiger partial charge in [-0.05, 0) is 99.1 Å². The number of halogens is 1. The van der Waals surface area contributed by atoms with E-state index in [9.17, 15) is 18.0 Å². The largest absolute Gasteiger partial charge is 0.353 e. The van der Waals surface area contributed by atoms with Gasteiger partial charge in [0.2, 0.25) is 21.8 Å². The minimum absolute atomic E-state index is 0.0446. The molecule has 0 aromatic heterocycles. The Labute approximate surface area is 248 Å². The van der Waals surface area contributed by atoms with Crippen LogP contribution in [0.4, 0.5) is 0 Å². The van der Waals surface area contributed by atoms with Crippen LogP contribution >= 0.6 is 11.6 Å². The Hall–Kier alpha value is -2.50. The molecule has 3 N–H and O–H groups in total. The number of rotatable bonds is 11. The third-order valence-electron chi connectivity index (χ3n) is 8.34. The molecule has 222 valence electrons. The Morgan fingerprint density at radius 3 is 2.59 bits per heavy atom. The van der Waals surface area contributed by atoms with Crippen LogP contribution in [0.5, 0.6) is 0 Å². The number of piperazine rings is 1. The lowest BCUT2D eigenvalue weighted by molar-refractivity contribution is -0.131. The van der Waals surface area contributed by atoms with E-state index in [0.29, 0.717) is 5.02 Å². The number of nitrogens with zero attached hydrogens (tertiary/aromatic N) is 2. The molecule has 2 heterocycles. The quantitative estimate of drug-likeness (QED) is 0.340. The maximum absolute atomic E-state index is 13.3. The Kier molecular flexibility index (Phi) is 9.98. The van der Waals surface area contributed by atoms with E-state index in [1.165, 1.54) is 66.9 Å². The van der Waals surface area contributed by atoms with Crippen LogP contribution in [0.2, 0.25) is 5.02 Å². The summed E-state index contributed by atoms with van der Waals surface area (Å²) < 4.78 is 27.8. The Morgan fingerprint density at radius 2 is 1.80 bits per heavy atom. The average molecular weight is 602 g/mol. The number of fused-ring (bicyclic) bond motifs is 1. The normalized spacial score (nSPS) is 21.8. The first-order valence-corrected chi connectivity index (χ1v) is 16.5. The highest BCUT2D eigenvalue weighted by Crippen LogP contribution is 2.25. The zero-order valence-corrected chi connectivity index (χ0v) is 25.0. The minimum Gasteiger partial charge on any atom is -0.353 e. The summed E-state index contributed by atoms with van der Waals surface area (Å²) in [5.74, 6) is -0.788. The van der Waals surface area contributed by atoms with Crippen molar-refractivity contribution in [2.45, 2.75) is 61.9 Å². The molecule has 2 aromatic carbocycles. The van der Waals surface area contributed by atoms with Crippen molar-refractivity contribution in [1.82, 2.24) is 25.2 Å². The summed E-state index contributed by atoms with van der Waals surface area (Å²) in [6, 6.07) is 11.3. The zero-order valence-electron chi connectivity index (χ0n) is 23.4. The van der Waals surface area contributed by atoms with Crippen LogP contribution in [0.1, 0.15) is 42.4 Å². The number of nitrogens with one attached hydrogen (secondary N) is 3. The van der Waals surface area contributed by atoms with Crippen molar-refractivity contribution >= 4 is 33.4 Å². The van der Waals surface area contributed by atoms with Crippen LogP contribution in [0.3, 0.4) is 0 Å². The number of hydrogen-bond donors (Lipinski definition) is 3. The van der Waals surface area contributed by atoms with Gasteiger partial charge in [-0.3, -0.25) is 9.59 Å². The van der Waals surface area contributed by atoms with Gasteiger partial charge in [0.1, 0.15) is 6.04 Å². The lowest BCUT2D eigenvalue weighted by Crippen LogP contribution is -2.58. The third-order valence-corrected chi connectivity index (χ3v) is 10.5.